The van der Waals surface area contributed by atoms with Crippen molar-refractivity contribution in [1.29, 1.82) is 0 Å². The molecule has 0 spiro atoms. The molecule has 2 fully saturated rings. The minimum Gasteiger partial charge on any atom is -0.394 e. The van der Waals surface area contributed by atoms with Crippen LogP contribution in [0.3, 0.4) is 0 Å². The number of H-pyrrole nitrogens is 1. The molecule has 2 saturated heterocycles. The minimum absolute atomic E-state index is 0.0480. The van der Waals surface area contributed by atoms with Crippen molar-refractivity contribution in [1.82, 2.24) is 39.0 Å². The van der Waals surface area contributed by atoms with Gasteiger partial charge in [-0.2, -0.15) is 4.98 Å². The zero-order valence-electron chi connectivity index (χ0n) is 21.8. The van der Waals surface area contributed by atoms with Crippen molar-refractivity contribution in [3.63, 3.8) is 0 Å². The van der Waals surface area contributed by atoms with Gasteiger partial charge in [0.2, 0.25) is 11.6 Å². The first-order valence-electron chi connectivity index (χ1n) is 12.6. The Bertz CT molecular complexity index is 1790. The quantitative estimate of drug-likeness (QED) is 0.101. The number of nitrogen functional groups attached to an aromatic ring is 2. The summed E-state index contributed by atoms with van der Waals surface area (Å²) >= 11 is 14.0. The van der Waals surface area contributed by atoms with Gasteiger partial charge in [-0.3, -0.25) is 18.9 Å². The number of hydrogen-bond acceptors (Lipinski definition) is 16. The number of nitrogens with two attached hydrogens (primary N) is 2. The van der Waals surface area contributed by atoms with Crippen LogP contribution in [0.25, 0.3) is 22.3 Å². The third kappa shape index (κ3) is 6.30. The second kappa shape index (κ2) is 12.2. The van der Waals surface area contributed by atoms with E-state index in [9.17, 15) is 14.5 Å². The van der Waals surface area contributed by atoms with Gasteiger partial charge in [-0.1, -0.05) is 12.2 Å². The van der Waals surface area contributed by atoms with Gasteiger partial charge in [0, 0.05) is 12.8 Å². The Morgan fingerprint density at radius 2 is 1.91 bits per heavy atom. The van der Waals surface area contributed by atoms with Crippen LogP contribution in [0, 0.1) is 0 Å². The molecule has 43 heavy (non-hydrogen) atoms. The summed E-state index contributed by atoms with van der Waals surface area (Å²) in [5.74, 6) is 0.110. The normalized spacial score (nSPS) is 27.7. The zero-order chi connectivity index (χ0) is 30.5. The lowest BCUT2D eigenvalue weighted by atomic mass is 10.2. The molecule has 2 aliphatic rings. The number of imidazole rings is 2. The van der Waals surface area contributed by atoms with E-state index in [4.69, 9.17) is 46.3 Å². The number of hydrogen-bond donors (Lipinski definition) is 6. The van der Waals surface area contributed by atoms with E-state index in [2.05, 4.69) is 54.4 Å². The molecule has 2 aliphatic heterocycles. The van der Waals surface area contributed by atoms with Gasteiger partial charge in [0.1, 0.15) is 48.6 Å². The standard InChI is InChI=1S/C20H24N10O8P2S3/c21-15-13-16(24-5-23-15)29(6-25-13)12-2-9(37-39(33)41)11(36-12)4-34-40(42,43)38-10-1-8(3-31)35-19(10)30-7-26-14-17(30)27-20(22)28-18(14)32/h5-12,19,31H,1-4H2,(H6-,21,22,23,24,27,28,32,33,41,42,43)/p+1/t8-,9-,10+,11+,12+,19+/m0/s1. The number of thiol groups is 2. The summed E-state index contributed by atoms with van der Waals surface area (Å²) in [6.07, 6.45) is 0.375. The average Bonchev–Trinajstić information content (AvgIpc) is 3.72. The fourth-order valence-corrected chi connectivity index (χ4v) is 7.82. The average molecular weight is 692 g/mol. The number of nitrogens with one attached hydrogen (secondary N) is 1. The number of aromatic amines is 1. The molecule has 2 unspecified atom stereocenters. The Kier molecular flexibility index (Phi) is 8.75. The molecule has 23 heteroatoms. The summed E-state index contributed by atoms with van der Waals surface area (Å²) in [6, 6.07) is 0. The van der Waals surface area contributed by atoms with E-state index in [-0.39, 0.29) is 49.0 Å². The maximum absolute atomic E-state index is 12.3. The highest BCUT2D eigenvalue weighted by atomic mass is 32.9. The fourth-order valence-electron chi connectivity index (χ4n) is 5.00. The van der Waals surface area contributed by atoms with Crippen molar-refractivity contribution in [2.24, 2.45) is 0 Å². The first-order valence-corrected chi connectivity index (χ1v) is 18.7. The van der Waals surface area contributed by atoms with Crippen LogP contribution < -0.4 is 17.0 Å². The van der Waals surface area contributed by atoms with Crippen LogP contribution in [-0.4, -0.2) is 81.8 Å². The molecule has 0 aromatic carbocycles. The molecule has 0 saturated carbocycles. The van der Waals surface area contributed by atoms with Gasteiger partial charge in [0.15, 0.2) is 28.9 Å². The van der Waals surface area contributed by atoms with E-state index in [1.54, 1.807) is 4.57 Å². The first-order chi connectivity index (χ1) is 20.5. The highest BCUT2D eigenvalue weighted by molar-refractivity contribution is 8.60. The number of aromatic nitrogens is 8. The maximum Gasteiger partial charge on any atom is 0.582 e. The lowest BCUT2D eigenvalue weighted by Gasteiger charge is -2.26. The van der Waals surface area contributed by atoms with Crippen LogP contribution in [0.5, 0.6) is 0 Å². The lowest BCUT2D eigenvalue weighted by Crippen LogP contribution is -2.27. The third-order valence-electron chi connectivity index (χ3n) is 6.85. The third-order valence-corrected chi connectivity index (χ3v) is 9.80. The van der Waals surface area contributed by atoms with Crippen LogP contribution in [0.4, 0.5) is 11.8 Å². The van der Waals surface area contributed by atoms with Crippen LogP contribution in [0.2, 0.25) is 0 Å². The van der Waals surface area contributed by atoms with Crippen molar-refractivity contribution in [2.75, 3.05) is 24.7 Å². The number of anilines is 2. The Balaban J connectivity index is 1.18. The molecular weight excluding hydrogens is 666 g/mol. The van der Waals surface area contributed by atoms with E-state index in [0.29, 0.717) is 11.2 Å². The number of rotatable bonds is 10. The molecule has 4 aromatic rings. The van der Waals surface area contributed by atoms with Gasteiger partial charge in [-0.05, 0) is 16.4 Å². The summed E-state index contributed by atoms with van der Waals surface area (Å²) in [5.41, 5.74) is 8.89. The van der Waals surface area contributed by atoms with Crippen molar-refractivity contribution >= 4 is 83.3 Å². The summed E-state index contributed by atoms with van der Waals surface area (Å²) in [4.78, 5) is 35.4. The van der Waals surface area contributed by atoms with Gasteiger partial charge in [-0.25, -0.2) is 19.9 Å². The zero-order valence-corrected chi connectivity index (χ0v) is 26.2. The van der Waals surface area contributed by atoms with E-state index in [1.807, 2.05) is 0 Å². The summed E-state index contributed by atoms with van der Waals surface area (Å²) in [7, 11) is -2.27. The second-order valence-corrected chi connectivity index (χ2v) is 16.5. The van der Waals surface area contributed by atoms with Gasteiger partial charge in [0.05, 0.1) is 32.0 Å². The highest BCUT2D eigenvalue weighted by Crippen LogP contribution is 2.57. The van der Waals surface area contributed by atoms with Gasteiger partial charge in [0.25, 0.3) is 5.56 Å². The van der Waals surface area contributed by atoms with Crippen molar-refractivity contribution < 1.29 is 32.7 Å². The minimum atomic E-state index is -3.30. The smallest absolute Gasteiger partial charge is 0.394 e. The molecule has 6 N–H and O–H groups in total. The Morgan fingerprint density at radius 1 is 1.14 bits per heavy atom. The molecule has 4 aromatic heterocycles. The molecule has 8 atom stereocenters. The monoisotopic (exact) mass is 691 g/mol. The largest absolute Gasteiger partial charge is 0.582 e. The number of aliphatic hydroxyl groups excluding tert-OH is 1. The molecule has 6 heterocycles. The predicted octanol–water partition coefficient (Wildman–Crippen LogP) is 1.22. The van der Waals surface area contributed by atoms with Gasteiger partial charge < -0.3 is 35.1 Å². The maximum atomic E-state index is 12.3. The molecular formula is C20H25N10O8P2S3+. The van der Waals surface area contributed by atoms with E-state index in [0.717, 1.165) is 0 Å². The molecule has 6 rings (SSSR count). The van der Waals surface area contributed by atoms with Gasteiger partial charge >= 0.3 is 7.23 Å². The van der Waals surface area contributed by atoms with Crippen molar-refractivity contribution in [3.05, 3.63) is 29.3 Å². The predicted molar refractivity (Wildman–Crippen MR) is 162 cm³/mol. The Labute approximate surface area is 258 Å². The molecule has 0 radical (unpaired) electrons. The van der Waals surface area contributed by atoms with Crippen molar-refractivity contribution in [3.8, 4) is 0 Å². The highest BCUT2D eigenvalue weighted by Gasteiger charge is 2.44. The number of fused-ring (bicyclic) bond motifs is 2. The van der Waals surface area contributed by atoms with Crippen LogP contribution in [0.15, 0.2) is 23.8 Å². The van der Waals surface area contributed by atoms with Crippen molar-refractivity contribution in [2.45, 2.75) is 49.7 Å². The SMILES string of the molecule is Nc1nc2c(ncn2[C@@H]2O[C@H](CO)C[C@H]2OP(=S)(S)OC[C@H]2O[C@@H](n3cnc4c(N)ncnc43)C[C@@H]2O[P+](=O)S)c(=O)[nH]1. The van der Waals surface area contributed by atoms with Crippen LogP contribution in [0.1, 0.15) is 25.3 Å². The lowest BCUT2D eigenvalue weighted by molar-refractivity contribution is -0.0477. The Hall–Kier alpha value is -2.29. The number of ether oxygens (including phenoxy) is 2. The van der Waals surface area contributed by atoms with E-state index in [1.165, 1.54) is 23.5 Å². The van der Waals surface area contributed by atoms with Crippen LogP contribution in [-0.2, 0) is 39.4 Å². The topological polar surface area (TPSA) is 243 Å². The molecule has 230 valence electrons. The molecule has 0 amide bonds. The van der Waals surface area contributed by atoms with E-state index < -0.39 is 55.4 Å². The Morgan fingerprint density at radius 3 is 2.67 bits per heavy atom. The first kappa shape index (κ1) is 30.7. The van der Waals surface area contributed by atoms with Crippen LogP contribution >= 0.6 is 37.4 Å². The van der Waals surface area contributed by atoms with Gasteiger partial charge in [-0.15, -0.1) is 4.52 Å². The summed E-state index contributed by atoms with van der Waals surface area (Å²) < 4.78 is 44.8. The molecule has 18 nitrogen and oxygen atoms in total. The van der Waals surface area contributed by atoms with E-state index >= 15 is 0 Å². The number of aliphatic hydroxyl groups is 1. The summed E-state index contributed by atoms with van der Waals surface area (Å²) in [5, 5.41) is 9.79. The summed E-state index contributed by atoms with van der Waals surface area (Å²) in [6.45, 7) is -0.432. The molecule has 0 aliphatic carbocycles. The fraction of sp³-hybridized carbons (Fsp3) is 0.500. The second-order valence-electron chi connectivity index (χ2n) is 9.58. The number of nitrogens with zero attached hydrogens (tertiary/aromatic N) is 7. The molecule has 0 bridgehead atoms.